The summed E-state index contributed by atoms with van der Waals surface area (Å²) in [6.07, 6.45) is 6.76. The van der Waals surface area contributed by atoms with E-state index in [4.69, 9.17) is 0 Å². The van der Waals surface area contributed by atoms with Gasteiger partial charge in [0.25, 0.3) is 0 Å². The number of nitrogens with zero attached hydrogens (tertiary/aromatic N) is 1. The minimum absolute atomic E-state index is 0.0517. The summed E-state index contributed by atoms with van der Waals surface area (Å²) < 4.78 is 0. The zero-order valence-corrected chi connectivity index (χ0v) is 10.7. The van der Waals surface area contributed by atoms with Crippen molar-refractivity contribution in [2.75, 3.05) is 32.7 Å². The molecule has 1 fully saturated rings. The molecule has 1 rings (SSSR count). The summed E-state index contributed by atoms with van der Waals surface area (Å²) in [5.74, 6) is 0. The molecule has 0 aromatic rings. The molecule has 1 heterocycles. The highest BCUT2D eigenvalue weighted by Crippen LogP contribution is 2.08. The average molecular weight is 228 g/mol. The largest absolute Gasteiger partial charge is 0.393 e. The van der Waals surface area contributed by atoms with Crippen LogP contribution in [0.2, 0.25) is 0 Å². The second-order valence-corrected chi connectivity index (χ2v) is 4.88. The molecule has 0 aliphatic carbocycles. The lowest BCUT2D eigenvalue weighted by Gasteiger charge is -2.27. The summed E-state index contributed by atoms with van der Waals surface area (Å²) in [6, 6.07) is 0. The maximum absolute atomic E-state index is 9.58. The summed E-state index contributed by atoms with van der Waals surface area (Å²) in [7, 11) is 0. The quantitative estimate of drug-likeness (QED) is 0.620. The van der Waals surface area contributed by atoms with E-state index in [0.29, 0.717) is 0 Å². The normalized spacial score (nSPS) is 19.9. The molecule has 1 aliphatic rings. The third-order valence-electron chi connectivity index (χ3n) is 3.34. The molecule has 1 saturated heterocycles. The number of piperazine rings is 1. The van der Waals surface area contributed by atoms with Gasteiger partial charge in [0, 0.05) is 26.2 Å². The van der Waals surface area contributed by atoms with E-state index in [1.54, 1.807) is 0 Å². The number of rotatable bonds is 8. The molecule has 0 aromatic carbocycles. The second kappa shape index (κ2) is 8.97. The highest BCUT2D eigenvalue weighted by atomic mass is 16.3. The van der Waals surface area contributed by atoms with Crippen LogP contribution in [0.3, 0.4) is 0 Å². The van der Waals surface area contributed by atoms with Crippen molar-refractivity contribution in [3.8, 4) is 0 Å². The van der Waals surface area contributed by atoms with Crippen LogP contribution < -0.4 is 5.32 Å². The first-order chi connectivity index (χ1) is 7.83. The molecule has 96 valence electrons. The molecule has 0 amide bonds. The summed E-state index contributed by atoms with van der Waals surface area (Å²) in [4.78, 5) is 2.54. The Kier molecular flexibility index (Phi) is 7.81. The first-order valence-corrected chi connectivity index (χ1v) is 6.94. The lowest BCUT2D eigenvalue weighted by Crippen LogP contribution is -2.43. The fourth-order valence-corrected chi connectivity index (χ4v) is 2.30. The summed E-state index contributed by atoms with van der Waals surface area (Å²) in [5.41, 5.74) is 0. The molecule has 0 unspecified atom stereocenters. The van der Waals surface area contributed by atoms with Crippen LogP contribution in [0, 0.1) is 0 Å². The molecule has 0 aromatic heterocycles. The lowest BCUT2D eigenvalue weighted by atomic mass is 10.1. The molecule has 0 bridgehead atoms. The third-order valence-corrected chi connectivity index (χ3v) is 3.34. The van der Waals surface area contributed by atoms with Crippen molar-refractivity contribution in [1.29, 1.82) is 0 Å². The number of hydrogen-bond acceptors (Lipinski definition) is 3. The summed E-state index contributed by atoms with van der Waals surface area (Å²) in [5, 5.41) is 12.9. The number of hydrogen-bond donors (Lipinski definition) is 2. The Morgan fingerprint density at radius 3 is 2.56 bits per heavy atom. The monoisotopic (exact) mass is 228 g/mol. The van der Waals surface area contributed by atoms with Crippen LogP contribution in [-0.4, -0.2) is 48.8 Å². The van der Waals surface area contributed by atoms with Gasteiger partial charge < -0.3 is 15.3 Å². The van der Waals surface area contributed by atoms with Gasteiger partial charge in [0.2, 0.25) is 0 Å². The fourth-order valence-electron chi connectivity index (χ4n) is 2.30. The maximum atomic E-state index is 9.58. The number of aliphatic hydroxyl groups excluding tert-OH is 1. The van der Waals surface area contributed by atoms with Crippen LogP contribution in [0.15, 0.2) is 0 Å². The van der Waals surface area contributed by atoms with Gasteiger partial charge >= 0.3 is 0 Å². The van der Waals surface area contributed by atoms with Gasteiger partial charge in [-0.15, -0.1) is 0 Å². The zero-order chi connectivity index (χ0) is 11.6. The van der Waals surface area contributed by atoms with E-state index in [0.717, 1.165) is 32.4 Å². The van der Waals surface area contributed by atoms with Gasteiger partial charge in [-0.2, -0.15) is 0 Å². The van der Waals surface area contributed by atoms with E-state index in [9.17, 15) is 5.11 Å². The Morgan fingerprint density at radius 2 is 1.88 bits per heavy atom. The summed E-state index contributed by atoms with van der Waals surface area (Å²) >= 11 is 0. The Balaban J connectivity index is 1.87. The van der Waals surface area contributed by atoms with Crippen molar-refractivity contribution in [1.82, 2.24) is 10.2 Å². The number of aliphatic hydroxyl groups is 1. The van der Waals surface area contributed by atoms with E-state index in [1.807, 2.05) is 0 Å². The van der Waals surface area contributed by atoms with Crippen LogP contribution in [0.1, 0.15) is 45.4 Å². The minimum atomic E-state index is -0.0517. The Labute approximate surface area is 100 Å². The molecule has 0 spiro atoms. The van der Waals surface area contributed by atoms with E-state index in [1.165, 1.54) is 38.9 Å². The van der Waals surface area contributed by atoms with E-state index < -0.39 is 0 Å². The van der Waals surface area contributed by atoms with Gasteiger partial charge in [0.05, 0.1) is 6.10 Å². The first kappa shape index (κ1) is 13.9. The number of nitrogens with one attached hydrogen (secondary N) is 1. The molecule has 3 nitrogen and oxygen atoms in total. The van der Waals surface area contributed by atoms with Gasteiger partial charge in [-0.05, 0) is 25.8 Å². The van der Waals surface area contributed by atoms with E-state index >= 15 is 0 Å². The smallest absolute Gasteiger partial charge is 0.0540 e. The van der Waals surface area contributed by atoms with Gasteiger partial charge in [-0.3, -0.25) is 0 Å². The lowest BCUT2D eigenvalue weighted by molar-refractivity contribution is 0.149. The van der Waals surface area contributed by atoms with Crippen LogP contribution in [0.25, 0.3) is 0 Å². The molecule has 3 heteroatoms. The Morgan fingerprint density at radius 1 is 1.12 bits per heavy atom. The topological polar surface area (TPSA) is 35.5 Å². The van der Waals surface area contributed by atoms with Gasteiger partial charge in [-0.25, -0.2) is 0 Å². The summed E-state index contributed by atoms with van der Waals surface area (Å²) in [6.45, 7) is 8.08. The van der Waals surface area contributed by atoms with E-state index in [-0.39, 0.29) is 6.10 Å². The van der Waals surface area contributed by atoms with Crippen molar-refractivity contribution >= 4 is 0 Å². The highest BCUT2D eigenvalue weighted by Gasteiger charge is 2.08. The SMILES string of the molecule is CCC[C@H](O)CCCCCN1CCNCC1. The number of unbranched alkanes of at least 4 members (excludes halogenated alkanes) is 2. The fraction of sp³-hybridized carbons (Fsp3) is 1.00. The van der Waals surface area contributed by atoms with Crippen molar-refractivity contribution < 1.29 is 5.11 Å². The Hall–Kier alpha value is -0.120. The molecular formula is C13H28N2O. The van der Waals surface area contributed by atoms with Crippen molar-refractivity contribution in [2.24, 2.45) is 0 Å². The van der Waals surface area contributed by atoms with Crippen LogP contribution >= 0.6 is 0 Å². The van der Waals surface area contributed by atoms with Crippen LogP contribution in [0.5, 0.6) is 0 Å². The Bertz CT molecular complexity index is 158. The minimum Gasteiger partial charge on any atom is -0.393 e. The van der Waals surface area contributed by atoms with Crippen LogP contribution in [0.4, 0.5) is 0 Å². The second-order valence-electron chi connectivity index (χ2n) is 4.88. The predicted molar refractivity (Wildman–Crippen MR) is 68.7 cm³/mol. The molecule has 0 radical (unpaired) electrons. The molecule has 0 saturated carbocycles. The van der Waals surface area contributed by atoms with E-state index in [2.05, 4.69) is 17.1 Å². The van der Waals surface area contributed by atoms with Crippen molar-refractivity contribution in [3.05, 3.63) is 0 Å². The van der Waals surface area contributed by atoms with Gasteiger partial charge in [0.1, 0.15) is 0 Å². The van der Waals surface area contributed by atoms with Gasteiger partial charge in [-0.1, -0.05) is 26.2 Å². The third kappa shape index (κ3) is 6.46. The van der Waals surface area contributed by atoms with Crippen molar-refractivity contribution in [3.63, 3.8) is 0 Å². The standard InChI is InChI=1S/C13H28N2O/c1-2-6-13(16)7-4-3-5-10-15-11-8-14-9-12-15/h13-14,16H,2-12H2,1H3/t13-/m0/s1. The maximum Gasteiger partial charge on any atom is 0.0540 e. The predicted octanol–water partition coefficient (Wildman–Crippen LogP) is 1.61. The van der Waals surface area contributed by atoms with Crippen molar-refractivity contribution in [2.45, 2.75) is 51.6 Å². The molecule has 1 aliphatic heterocycles. The zero-order valence-electron chi connectivity index (χ0n) is 10.7. The van der Waals surface area contributed by atoms with Crippen LogP contribution in [-0.2, 0) is 0 Å². The molecule has 2 N–H and O–H groups in total. The average Bonchev–Trinajstić information content (AvgIpc) is 2.30. The molecule has 1 atom stereocenters. The highest BCUT2D eigenvalue weighted by molar-refractivity contribution is 4.67. The van der Waals surface area contributed by atoms with Gasteiger partial charge in [0.15, 0.2) is 0 Å². The first-order valence-electron chi connectivity index (χ1n) is 6.94. The molecular weight excluding hydrogens is 200 g/mol. The molecule has 16 heavy (non-hydrogen) atoms.